The quantitative estimate of drug-likeness (QED) is 0.403. The van der Waals surface area contributed by atoms with E-state index in [0.717, 1.165) is 37.1 Å². The van der Waals surface area contributed by atoms with Crippen LogP contribution in [0, 0.1) is 0 Å². The van der Waals surface area contributed by atoms with Crippen LogP contribution in [-0.2, 0) is 21.0 Å². The summed E-state index contributed by atoms with van der Waals surface area (Å²) in [5, 5.41) is 13.3. The fourth-order valence-electron chi connectivity index (χ4n) is 4.12. The topological polar surface area (TPSA) is 114 Å². The largest absolute Gasteiger partial charge is 0.593 e. The summed E-state index contributed by atoms with van der Waals surface area (Å²) in [5.41, 5.74) is 4.13. The molecule has 0 radical (unpaired) electrons. The van der Waals surface area contributed by atoms with Crippen LogP contribution in [0.1, 0.15) is 32.2 Å². The maximum absolute atomic E-state index is 12.9. The number of hydrogen-bond acceptors (Lipinski definition) is 6. The van der Waals surface area contributed by atoms with Gasteiger partial charge in [0.05, 0.1) is 30.1 Å². The van der Waals surface area contributed by atoms with Crippen LogP contribution in [0.5, 0.6) is 0 Å². The molecule has 1 aromatic heterocycles. The van der Waals surface area contributed by atoms with E-state index >= 15 is 0 Å². The summed E-state index contributed by atoms with van der Waals surface area (Å²) >= 11 is -1.33. The average molecular weight is 458 g/mol. The van der Waals surface area contributed by atoms with Crippen LogP contribution in [-0.4, -0.2) is 66.7 Å². The number of hydroxylamine groups is 1. The van der Waals surface area contributed by atoms with Gasteiger partial charge >= 0.3 is 0 Å². The number of carbonyl (C=O) groups excluding carboxylic acids is 2. The van der Waals surface area contributed by atoms with E-state index in [1.54, 1.807) is 22.8 Å². The van der Waals surface area contributed by atoms with Gasteiger partial charge in [0.2, 0.25) is 5.91 Å². The van der Waals surface area contributed by atoms with Crippen molar-refractivity contribution in [3.8, 4) is 11.1 Å². The molecule has 2 aliphatic heterocycles. The van der Waals surface area contributed by atoms with Gasteiger partial charge < -0.3 is 9.45 Å². The van der Waals surface area contributed by atoms with Crippen molar-refractivity contribution in [1.29, 1.82) is 0 Å². The van der Waals surface area contributed by atoms with E-state index < -0.39 is 17.3 Å². The Kier molecular flexibility index (Phi) is 6.95. The first-order valence-corrected chi connectivity index (χ1v) is 11.8. The Morgan fingerprint density at radius 3 is 2.47 bits per heavy atom. The number of carbonyl (C=O) groups is 2. The number of rotatable bonds is 5. The molecule has 4 rings (SSSR count). The fraction of sp³-hybridized carbons (Fsp3) is 0.409. The summed E-state index contributed by atoms with van der Waals surface area (Å²) in [6.07, 6.45) is 7.78. The zero-order valence-corrected chi connectivity index (χ0v) is 18.8. The SMILES string of the molecule is CC(=O)N1CCC(n2cc(-c3ccc([S+]([O-])N4CC=C(C(=O)NO)CC4)cc3)cn2)CC1. The zero-order valence-electron chi connectivity index (χ0n) is 17.9. The lowest BCUT2D eigenvalue weighted by atomic mass is 10.1. The van der Waals surface area contributed by atoms with Gasteiger partial charge in [-0.3, -0.25) is 19.5 Å². The molecule has 2 amide bonds. The number of hydrogen-bond donors (Lipinski definition) is 2. The monoisotopic (exact) mass is 457 g/mol. The van der Waals surface area contributed by atoms with Crippen LogP contribution in [0.4, 0.5) is 0 Å². The Morgan fingerprint density at radius 1 is 1.16 bits per heavy atom. The normalized spacial score (nSPS) is 18.8. The Labute approximate surface area is 190 Å². The molecule has 1 aromatic carbocycles. The van der Waals surface area contributed by atoms with Crippen molar-refractivity contribution < 1.29 is 19.3 Å². The number of nitrogens with one attached hydrogen (secondary N) is 1. The van der Waals surface area contributed by atoms with Gasteiger partial charge in [0, 0.05) is 43.9 Å². The van der Waals surface area contributed by atoms with Crippen LogP contribution in [0.2, 0.25) is 0 Å². The van der Waals surface area contributed by atoms with Crippen molar-refractivity contribution in [2.75, 3.05) is 26.2 Å². The molecule has 2 aliphatic rings. The van der Waals surface area contributed by atoms with Crippen molar-refractivity contribution in [1.82, 2.24) is 24.5 Å². The summed E-state index contributed by atoms with van der Waals surface area (Å²) in [7, 11) is 0. The van der Waals surface area contributed by atoms with Crippen LogP contribution >= 0.6 is 0 Å². The molecule has 0 aliphatic carbocycles. The number of piperidine rings is 1. The molecule has 0 bridgehead atoms. The Hall–Kier alpha value is -2.66. The van der Waals surface area contributed by atoms with E-state index in [-0.39, 0.29) is 11.9 Å². The van der Waals surface area contributed by atoms with Gasteiger partial charge in [-0.15, -0.1) is 4.31 Å². The second kappa shape index (κ2) is 9.86. The predicted octanol–water partition coefficient (Wildman–Crippen LogP) is 1.89. The molecule has 0 saturated carbocycles. The smallest absolute Gasteiger partial charge is 0.270 e. The average Bonchev–Trinajstić information content (AvgIpc) is 3.34. The van der Waals surface area contributed by atoms with Gasteiger partial charge in [-0.1, -0.05) is 6.08 Å². The molecule has 32 heavy (non-hydrogen) atoms. The molecule has 10 heteroatoms. The standard InChI is InChI=1S/C22H27N5O4S/c1-16(28)25-10-8-20(9-11-25)27-15-19(14-23-27)17-2-4-21(5-3-17)32(31)26-12-6-18(7-13-26)22(29)24-30/h2-6,14-15,20,30H,7-13H2,1H3,(H,24,29). The number of likely N-dealkylation sites (tertiary alicyclic amines) is 1. The van der Waals surface area contributed by atoms with Gasteiger partial charge in [-0.05, 0) is 49.1 Å². The van der Waals surface area contributed by atoms with Gasteiger partial charge in [0.25, 0.3) is 5.91 Å². The predicted molar refractivity (Wildman–Crippen MR) is 119 cm³/mol. The molecule has 2 aromatic rings. The van der Waals surface area contributed by atoms with Crippen molar-refractivity contribution in [2.24, 2.45) is 0 Å². The molecule has 2 N–H and O–H groups in total. The molecule has 170 valence electrons. The Balaban J connectivity index is 1.38. The highest BCUT2D eigenvalue weighted by atomic mass is 32.2. The molecule has 3 heterocycles. The molecule has 1 unspecified atom stereocenters. The molecule has 1 saturated heterocycles. The van der Waals surface area contributed by atoms with Crippen molar-refractivity contribution in [3.63, 3.8) is 0 Å². The van der Waals surface area contributed by atoms with Gasteiger partial charge in [-0.25, -0.2) is 5.48 Å². The summed E-state index contributed by atoms with van der Waals surface area (Å²) in [5.74, 6) is -0.386. The highest BCUT2D eigenvalue weighted by molar-refractivity contribution is 7.89. The van der Waals surface area contributed by atoms with E-state index in [4.69, 9.17) is 5.21 Å². The van der Waals surface area contributed by atoms with Crippen molar-refractivity contribution in [3.05, 3.63) is 48.3 Å². The maximum Gasteiger partial charge on any atom is 0.270 e. The molecule has 1 atom stereocenters. The molecule has 0 spiro atoms. The number of amides is 2. The highest BCUT2D eigenvalue weighted by Gasteiger charge is 2.27. The van der Waals surface area contributed by atoms with Crippen molar-refractivity contribution in [2.45, 2.75) is 37.1 Å². The third kappa shape index (κ3) is 4.88. The first-order chi connectivity index (χ1) is 15.5. The van der Waals surface area contributed by atoms with Crippen LogP contribution in [0.25, 0.3) is 11.1 Å². The molecule has 9 nitrogen and oxygen atoms in total. The van der Waals surface area contributed by atoms with E-state index in [2.05, 4.69) is 5.10 Å². The second-order valence-electron chi connectivity index (χ2n) is 8.03. The number of nitrogens with zero attached hydrogens (tertiary/aromatic N) is 4. The Bertz CT molecular complexity index is 998. The summed E-state index contributed by atoms with van der Waals surface area (Å²) < 4.78 is 16.7. The second-order valence-corrected chi connectivity index (χ2v) is 9.51. The van der Waals surface area contributed by atoms with Crippen LogP contribution < -0.4 is 5.48 Å². The van der Waals surface area contributed by atoms with Crippen LogP contribution in [0.3, 0.4) is 0 Å². The summed E-state index contributed by atoms with van der Waals surface area (Å²) in [6.45, 7) is 3.98. The minimum atomic E-state index is -1.33. The third-order valence-electron chi connectivity index (χ3n) is 6.07. The van der Waals surface area contributed by atoms with E-state index in [0.29, 0.717) is 30.0 Å². The molecule has 1 fully saturated rings. The summed E-state index contributed by atoms with van der Waals surface area (Å²) in [4.78, 5) is 25.6. The number of benzene rings is 1. The zero-order chi connectivity index (χ0) is 22.7. The van der Waals surface area contributed by atoms with Crippen LogP contribution in [0.15, 0.2) is 53.2 Å². The summed E-state index contributed by atoms with van der Waals surface area (Å²) in [6, 6.07) is 7.88. The number of aromatic nitrogens is 2. The van der Waals surface area contributed by atoms with Gasteiger partial charge in [0.15, 0.2) is 4.90 Å². The van der Waals surface area contributed by atoms with E-state index in [9.17, 15) is 14.1 Å². The van der Waals surface area contributed by atoms with Gasteiger partial charge in [0.1, 0.15) is 0 Å². The first-order valence-electron chi connectivity index (χ1n) is 10.7. The fourth-order valence-corrected chi connectivity index (χ4v) is 5.26. The highest BCUT2D eigenvalue weighted by Crippen LogP contribution is 2.27. The third-order valence-corrected chi connectivity index (χ3v) is 7.55. The first kappa shape index (κ1) is 22.5. The minimum absolute atomic E-state index is 0.124. The molecular formula is C22H27N5O4S. The molecular weight excluding hydrogens is 430 g/mol. The van der Waals surface area contributed by atoms with Gasteiger partial charge in [-0.2, -0.15) is 5.10 Å². The minimum Gasteiger partial charge on any atom is -0.593 e. The lowest BCUT2D eigenvalue weighted by molar-refractivity contribution is -0.130. The lowest BCUT2D eigenvalue weighted by Gasteiger charge is -2.31. The van der Waals surface area contributed by atoms with E-state index in [1.807, 2.05) is 46.2 Å². The van der Waals surface area contributed by atoms with Crippen molar-refractivity contribution >= 4 is 23.2 Å². The maximum atomic E-state index is 12.9. The Morgan fingerprint density at radius 2 is 1.88 bits per heavy atom. The lowest BCUT2D eigenvalue weighted by Crippen LogP contribution is -2.37. The van der Waals surface area contributed by atoms with E-state index in [1.165, 1.54) is 0 Å².